The average Bonchev–Trinajstić information content (AvgIpc) is 2.82. The Kier molecular flexibility index (Phi) is 3.71. The first-order valence-electron chi connectivity index (χ1n) is 7.44. The number of rotatable bonds is 2. The van der Waals surface area contributed by atoms with Gasteiger partial charge < -0.3 is 20.9 Å². The van der Waals surface area contributed by atoms with E-state index in [1.807, 2.05) is 6.07 Å². The number of hydrogen-bond acceptors (Lipinski definition) is 4. The molecule has 0 spiro atoms. The Morgan fingerprint density at radius 3 is 2.90 bits per heavy atom. The molecule has 0 amide bonds. The van der Waals surface area contributed by atoms with Gasteiger partial charge in [-0.3, -0.25) is 0 Å². The number of nitrogens with one attached hydrogen (secondary N) is 2. The fourth-order valence-corrected chi connectivity index (χ4v) is 3.34. The smallest absolute Gasteiger partial charge is 0.204 e. The van der Waals surface area contributed by atoms with E-state index in [9.17, 15) is 0 Å². The number of nitrogens with two attached hydrogens (primary N) is 1. The maximum atomic E-state index is 6.39. The number of imidazole rings is 1. The zero-order valence-corrected chi connectivity index (χ0v) is 13.5. The average molecular weight is 308 g/mol. The van der Waals surface area contributed by atoms with Gasteiger partial charge in [-0.15, -0.1) is 0 Å². The lowest BCUT2D eigenvalue weighted by Crippen LogP contribution is -2.50. The van der Waals surface area contributed by atoms with Crippen molar-refractivity contribution in [2.24, 2.45) is 0 Å². The number of H-pyrrole nitrogens is 1. The normalized spacial score (nSPS) is 19.7. The summed E-state index contributed by atoms with van der Waals surface area (Å²) in [5, 5.41) is 4.02. The van der Waals surface area contributed by atoms with Crippen LogP contribution < -0.4 is 16.0 Å². The molecule has 0 radical (unpaired) electrons. The zero-order valence-electron chi connectivity index (χ0n) is 12.7. The van der Waals surface area contributed by atoms with Gasteiger partial charge in [-0.25, -0.2) is 4.98 Å². The van der Waals surface area contributed by atoms with Gasteiger partial charge in [0.1, 0.15) is 0 Å². The van der Waals surface area contributed by atoms with Crippen LogP contribution in [0.2, 0.25) is 5.02 Å². The van der Waals surface area contributed by atoms with Gasteiger partial charge in [0, 0.05) is 31.2 Å². The molecule has 2 heterocycles. The molecule has 1 aliphatic rings. The minimum Gasteiger partial charge on any atom is -0.397 e. The van der Waals surface area contributed by atoms with E-state index in [0.717, 1.165) is 42.2 Å². The molecule has 1 saturated heterocycles. The van der Waals surface area contributed by atoms with Gasteiger partial charge in [-0.2, -0.15) is 0 Å². The largest absolute Gasteiger partial charge is 0.397 e. The SMILES string of the molecule is CC(C)c1c(Cl)c(N)cc2[nH]c(N3CCNCC3C)nc12. The monoisotopic (exact) mass is 307 g/mol. The Hall–Kier alpha value is -1.46. The van der Waals surface area contributed by atoms with Crippen LogP contribution in [0.5, 0.6) is 0 Å². The second-order valence-corrected chi connectivity index (χ2v) is 6.43. The molecule has 1 aromatic heterocycles. The van der Waals surface area contributed by atoms with Crippen LogP contribution in [0.3, 0.4) is 0 Å². The van der Waals surface area contributed by atoms with Gasteiger partial charge in [0.15, 0.2) is 0 Å². The molecule has 1 unspecified atom stereocenters. The summed E-state index contributed by atoms with van der Waals surface area (Å²) in [6, 6.07) is 2.29. The minimum atomic E-state index is 0.278. The highest BCUT2D eigenvalue weighted by molar-refractivity contribution is 6.35. The maximum absolute atomic E-state index is 6.39. The number of benzene rings is 1. The van der Waals surface area contributed by atoms with Crippen molar-refractivity contribution in [2.45, 2.75) is 32.7 Å². The molecule has 1 fully saturated rings. The molecule has 0 aliphatic carbocycles. The Bertz CT molecular complexity index is 664. The summed E-state index contributed by atoms with van der Waals surface area (Å²) in [6.45, 7) is 9.31. The van der Waals surface area contributed by atoms with Crippen molar-refractivity contribution >= 4 is 34.3 Å². The highest BCUT2D eigenvalue weighted by Crippen LogP contribution is 2.36. The van der Waals surface area contributed by atoms with Crippen LogP contribution in [0.1, 0.15) is 32.3 Å². The third kappa shape index (κ3) is 2.45. The number of aromatic amines is 1. The quantitative estimate of drug-likeness (QED) is 0.746. The van der Waals surface area contributed by atoms with E-state index in [1.165, 1.54) is 0 Å². The second kappa shape index (κ2) is 5.39. The van der Waals surface area contributed by atoms with E-state index < -0.39 is 0 Å². The molecule has 4 N–H and O–H groups in total. The molecule has 1 aromatic carbocycles. The van der Waals surface area contributed by atoms with Gasteiger partial charge in [-0.1, -0.05) is 25.4 Å². The van der Waals surface area contributed by atoms with Crippen LogP contribution in [0.15, 0.2) is 6.07 Å². The Morgan fingerprint density at radius 1 is 1.48 bits per heavy atom. The molecular formula is C15H22ClN5. The zero-order chi connectivity index (χ0) is 15.1. The van der Waals surface area contributed by atoms with Crippen molar-refractivity contribution in [1.29, 1.82) is 0 Å². The van der Waals surface area contributed by atoms with Gasteiger partial charge >= 0.3 is 0 Å². The van der Waals surface area contributed by atoms with E-state index in [2.05, 4.69) is 36.0 Å². The van der Waals surface area contributed by atoms with Crippen LogP contribution in [-0.4, -0.2) is 35.6 Å². The summed E-state index contributed by atoms with van der Waals surface area (Å²) in [5.74, 6) is 1.18. The van der Waals surface area contributed by atoms with E-state index in [4.69, 9.17) is 22.3 Å². The van der Waals surface area contributed by atoms with Crippen molar-refractivity contribution in [1.82, 2.24) is 15.3 Å². The molecule has 2 aromatic rings. The lowest BCUT2D eigenvalue weighted by molar-refractivity contribution is 0.494. The lowest BCUT2D eigenvalue weighted by Gasteiger charge is -2.33. The van der Waals surface area contributed by atoms with E-state index in [0.29, 0.717) is 16.8 Å². The van der Waals surface area contributed by atoms with Crippen LogP contribution in [-0.2, 0) is 0 Å². The van der Waals surface area contributed by atoms with Gasteiger partial charge in [-0.05, 0) is 18.9 Å². The fourth-order valence-electron chi connectivity index (χ4n) is 2.98. The second-order valence-electron chi connectivity index (χ2n) is 6.05. The predicted octanol–water partition coefficient (Wildman–Crippen LogP) is 2.72. The fraction of sp³-hybridized carbons (Fsp3) is 0.533. The molecule has 21 heavy (non-hydrogen) atoms. The summed E-state index contributed by atoms with van der Waals surface area (Å²) in [4.78, 5) is 10.5. The minimum absolute atomic E-state index is 0.278. The standard InChI is InChI=1S/C15H22ClN5/c1-8(2)12-13(16)10(17)6-11-14(12)20-15(19-11)21-5-4-18-7-9(21)3/h6,8-9,18H,4-5,7,17H2,1-3H3,(H,19,20). The topological polar surface area (TPSA) is 70.0 Å². The molecular weight excluding hydrogens is 286 g/mol. The predicted molar refractivity (Wildman–Crippen MR) is 89.3 cm³/mol. The molecule has 114 valence electrons. The Balaban J connectivity index is 2.13. The Labute approximate surface area is 129 Å². The molecule has 3 rings (SSSR count). The first-order chi connectivity index (χ1) is 9.99. The van der Waals surface area contributed by atoms with Crippen molar-refractivity contribution in [3.63, 3.8) is 0 Å². The van der Waals surface area contributed by atoms with Crippen molar-refractivity contribution in [3.8, 4) is 0 Å². The number of nitrogens with zero attached hydrogens (tertiary/aromatic N) is 2. The summed E-state index contributed by atoms with van der Waals surface area (Å²) in [6.07, 6.45) is 0. The molecule has 6 heteroatoms. The van der Waals surface area contributed by atoms with Gasteiger partial charge in [0.25, 0.3) is 0 Å². The third-order valence-corrected chi connectivity index (χ3v) is 4.54. The highest BCUT2D eigenvalue weighted by atomic mass is 35.5. The molecule has 0 saturated carbocycles. The summed E-state index contributed by atoms with van der Waals surface area (Å²) < 4.78 is 0. The van der Waals surface area contributed by atoms with Crippen LogP contribution in [0.4, 0.5) is 11.6 Å². The van der Waals surface area contributed by atoms with E-state index >= 15 is 0 Å². The summed E-state index contributed by atoms with van der Waals surface area (Å²) in [5.41, 5.74) is 9.56. The number of halogens is 1. The first kappa shape index (κ1) is 14.5. The van der Waals surface area contributed by atoms with Gasteiger partial charge in [0.05, 0.1) is 21.7 Å². The molecule has 1 aliphatic heterocycles. The number of piperazine rings is 1. The molecule has 0 bridgehead atoms. The van der Waals surface area contributed by atoms with Crippen molar-refractivity contribution < 1.29 is 0 Å². The van der Waals surface area contributed by atoms with E-state index in [-0.39, 0.29) is 5.92 Å². The summed E-state index contributed by atoms with van der Waals surface area (Å²) in [7, 11) is 0. The third-order valence-electron chi connectivity index (χ3n) is 4.11. The first-order valence-corrected chi connectivity index (χ1v) is 7.81. The van der Waals surface area contributed by atoms with Crippen molar-refractivity contribution in [3.05, 3.63) is 16.7 Å². The number of aromatic nitrogens is 2. The van der Waals surface area contributed by atoms with Crippen molar-refractivity contribution in [2.75, 3.05) is 30.3 Å². The van der Waals surface area contributed by atoms with Crippen LogP contribution in [0, 0.1) is 0 Å². The number of fused-ring (bicyclic) bond motifs is 1. The lowest BCUT2D eigenvalue weighted by atomic mass is 10.0. The summed E-state index contributed by atoms with van der Waals surface area (Å²) >= 11 is 6.39. The molecule has 5 nitrogen and oxygen atoms in total. The van der Waals surface area contributed by atoms with Gasteiger partial charge in [0.2, 0.25) is 5.95 Å². The number of nitrogen functional groups attached to an aromatic ring is 1. The maximum Gasteiger partial charge on any atom is 0.204 e. The molecule has 1 atom stereocenters. The van der Waals surface area contributed by atoms with Crippen LogP contribution in [0.25, 0.3) is 11.0 Å². The Morgan fingerprint density at radius 2 is 2.24 bits per heavy atom. The highest BCUT2D eigenvalue weighted by Gasteiger charge is 2.23. The van der Waals surface area contributed by atoms with E-state index in [1.54, 1.807) is 0 Å². The number of anilines is 2. The van der Waals surface area contributed by atoms with Crippen LogP contribution >= 0.6 is 11.6 Å². The number of hydrogen-bond donors (Lipinski definition) is 3.